The summed E-state index contributed by atoms with van der Waals surface area (Å²) in [5.74, 6) is 1.03. The highest BCUT2D eigenvalue weighted by Crippen LogP contribution is 2.25. The molecule has 0 saturated carbocycles. The van der Waals surface area contributed by atoms with Crippen LogP contribution in [0, 0.1) is 0 Å². The zero-order valence-electron chi connectivity index (χ0n) is 12.6. The van der Waals surface area contributed by atoms with Crippen molar-refractivity contribution < 1.29 is 4.74 Å². The molecular formula is C17H20ClNO2. The first-order chi connectivity index (χ1) is 10.1. The summed E-state index contributed by atoms with van der Waals surface area (Å²) in [7, 11) is 0. The van der Waals surface area contributed by atoms with Crippen LogP contribution >= 0.6 is 11.6 Å². The maximum Gasteiger partial charge on any atom is 0.255 e. The van der Waals surface area contributed by atoms with Crippen molar-refractivity contribution in [3.63, 3.8) is 0 Å². The zero-order valence-corrected chi connectivity index (χ0v) is 13.4. The summed E-state index contributed by atoms with van der Waals surface area (Å²) in [4.78, 5) is 12.5. The maximum absolute atomic E-state index is 12.5. The van der Waals surface area contributed by atoms with Gasteiger partial charge in [-0.1, -0.05) is 18.2 Å². The van der Waals surface area contributed by atoms with Gasteiger partial charge < -0.3 is 9.30 Å². The zero-order chi connectivity index (χ0) is 15.4. The van der Waals surface area contributed by atoms with Gasteiger partial charge in [-0.05, 0) is 39.0 Å². The van der Waals surface area contributed by atoms with E-state index in [1.54, 1.807) is 10.6 Å². The molecule has 0 saturated heterocycles. The lowest BCUT2D eigenvalue weighted by atomic mass is 10.1. The molecule has 112 valence electrons. The van der Waals surface area contributed by atoms with Gasteiger partial charge in [0.1, 0.15) is 5.75 Å². The molecular weight excluding hydrogens is 286 g/mol. The van der Waals surface area contributed by atoms with E-state index < -0.39 is 0 Å². The second-order valence-corrected chi connectivity index (χ2v) is 5.37. The minimum atomic E-state index is -0.0284. The van der Waals surface area contributed by atoms with Crippen LogP contribution in [0.2, 0.25) is 0 Å². The number of hydrogen-bond acceptors (Lipinski definition) is 2. The fraction of sp³-hybridized carbons (Fsp3) is 0.353. The van der Waals surface area contributed by atoms with E-state index in [1.807, 2.05) is 51.1 Å². The lowest BCUT2D eigenvalue weighted by molar-refractivity contribution is 0.340. The van der Waals surface area contributed by atoms with Gasteiger partial charge in [0.05, 0.1) is 18.2 Å². The molecule has 0 bridgehead atoms. The molecule has 21 heavy (non-hydrogen) atoms. The summed E-state index contributed by atoms with van der Waals surface area (Å²) < 4.78 is 7.32. The van der Waals surface area contributed by atoms with Crippen molar-refractivity contribution in [1.29, 1.82) is 0 Å². The fourth-order valence-electron chi connectivity index (χ4n) is 2.36. The Balaban J connectivity index is 2.61. The highest BCUT2D eigenvalue weighted by molar-refractivity contribution is 6.17. The first-order valence-corrected chi connectivity index (χ1v) is 7.65. The molecule has 0 aliphatic heterocycles. The molecule has 2 aromatic rings. The second-order valence-electron chi connectivity index (χ2n) is 5.11. The van der Waals surface area contributed by atoms with E-state index in [0.29, 0.717) is 12.2 Å². The Kier molecular flexibility index (Phi) is 5.07. The van der Waals surface area contributed by atoms with Crippen molar-refractivity contribution in [1.82, 2.24) is 4.57 Å². The van der Waals surface area contributed by atoms with Crippen molar-refractivity contribution in [2.75, 3.05) is 6.61 Å². The number of rotatable bonds is 5. The van der Waals surface area contributed by atoms with Crippen molar-refractivity contribution in [2.24, 2.45) is 0 Å². The molecule has 0 amide bonds. The molecule has 4 heteroatoms. The normalized spacial score (nSPS) is 10.9. The highest BCUT2D eigenvalue weighted by atomic mass is 35.5. The Bertz CT molecular complexity index is 677. The minimum absolute atomic E-state index is 0.0284. The molecule has 1 aromatic heterocycles. The number of ether oxygens (including phenoxy) is 1. The Morgan fingerprint density at radius 3 is 2.62 bits per heavy atom. The SMILES string of the molecule is CCOc1cccc(-c2ccc(CCl)c(=O)n2C(C)C)c1. The number of aromatic nitrogens is 1. The third kappa shape index (κ3) is 3.30. The molecule has 0 spiro atoms. The van der Waals surface area contributed by atoms with Gasteiger partial charge in [-0.2, -0.15) is 0 Å². The quantitative estimate of drug-likeness (QED) is 0.774. The van der Waals surface area contributed by atoms with Crippen molar-refractivity contribution in [3.8, 4) is 17.0 Å². The third-order valence-corrected chi connectivity index (χ3v) is 3.58. The Morgan fingerprint density at radius 2 is 2.00 bits per heavy atom. The van der Waals surface area contributed by atoms with Crippen LogP contribution in [-0.2, 0) is 5.88 Å². The lowest BCUT2D eigenvalue weighted by Gasteiger charge is -2.18. The smallest absolute Gasteiger partial charge is 0.255 e. The summed E-state index contributed by atoms with van der Waals surface area (Å²) in [6, 6.07) is 11.6. The molecule has 0 aliphatic carbocycles. The summed E-state index contributed by atoms with van der Waals surface area (Å²) in [5, 5.41) is 0. The molecule has 1 heterocycles. The summed E-state index contributed by atoms with van der Waals surface area (Å²) in [6.45, 7) is 6.56. The Morgan fingerprint density at radius 1 is 1.24 bits per heavy atom. The second kappa shape index (κ2) is 6.81. The molecule has 0 atom stereocenters. The third-order valence-electron chi connectivity index (χ3n) is 3.30. The van der Waals surface area contributed by atoms with Crippen molar-refractivity contribution >= 4 is 11.6 Å². The molecule has 0 fully saturated rings. The number of nitrogens with zero attached hydrogens (tertiary/aromatic N) is 1. The highest BCUT2D eigenvalue weighted by Gasteiger charge is 2.13. The fourth-order valence-corrected chi connectivity index (χ4v) is 2.56. The Labute approximate surface area is 130 Å². The van der Waals surface area contributed by atoms with Crippen molar-refractivity contribution in [2.45, 2.75) is 32.7 Å². The van der Waals surface area contributed by atoms with Crippen molar-refractivity contribution in [3.05, 3.63) is 52.3 Å². The van der Waals surface area contributed by atoms with Gasteiger partial charge in [-0.25, -0.2) is 0 Å². The average molecular weight is 306 g/mol. The van der Waals surface area contributed by atoms with Crippen LogP contribution in [0.15, 0.2) is 41.2 Å². The number of alkyl halides is 1. The van der Waals surface area contributed by atoms with Crippen LogP contribution < -0.4 is 10.3 Å². The van der Waals surface area contributed by atoms with E-state index in [4.69, 9.17) is 16.3 Å². The van der Waals surface area contributed by atoms with Gasteiger partial charge in [0.15, 0.2) is 0 Å². The van der Waals surface area contributed by atoms with Crippen LogP contribution in [0.25, 0.3) is 11.3 Å². The average Bonchev–Trinajstić information content (AvgIpc) is 2.47. The number of pyridine rings is 1. The van der Waals surface area contributed by atoms with Gasteiger partial charge in [0, 0.05) is 17.2 Å². The summed E-state index contributed by atoms with van der Waals surface area (Å²) in [6.07, 6.45) is 0. The van der Waals surface area contributed by atoms with Crippen LogP contribution in [0.5, 0.6) is 5.75 Å². The predicted molar refractivity (Wildman–Crippen MR) is 87.2 cm³/mol. The molecule has 1 aromatic carbocycles. The Hall–Kier alpha value is -1.74. The lowest BCUT2D eigenvalue weighted by Crippen LogP contribution is -2.26. The van der Waals surface area contributed by atoms with E-state index in [1.165, 1.54) is 0 Å². The van der Waals surface area contributed by atoms with Gasteiger partial charge in [0.25, 0.3) is 5.56 Å². The molecule has 0 radical (unpaired) electrons. The monoisotopic (exact) mass is 305 g/mol. The first kappa shape index (κ1) is 15.6. The minimum Gasteiger partial charge on any atom is -0.494 e. The van der Waals surface area contributed by atoms with Crippen LogP contribution in [0.4, 0.5) is 0 Å². The maximum atomic E-state index is 12.5. The topological polar surface area (TPSA) is 31.2 Å². The van der Waals surface area contributed by atoms with Gasteiger partial charge >= 0.3 is 0 Å². The van der Waals surface area contributed by atoms with E-state index in [-0.39, 0.29) is 17.5 Å². The molecule has 2 rings (SSSR count). The van der Waals surface area contributed by atoms with Gasteiger partial charge in [-0.3, -0.25) is 4.79 Å². The number of hydrogen-bond donors (Lipinski definition) is 0. The number of halogens is 1. The van der Waals surface area contributed by atoms with Crippen LogP contribution in [0.1, 0.15) is 32.4 Å². The summed E-state index contributed by atoms with van der Waals surface area (Å²) >= 11 is 5.84. The number of benzene rings is 1. The van der Waals surface area contributed by atoms with Crippen LogP contribution in [0.3, 0.4) is 0 Å². The molecule has 0 unspecified atom stereocenters. The largest absolute Gasteiger partial charge is 0.494 e. The van der Waals surface area contributed by atoms with Gasteiger partial charge in [0.2, 0.25) is 0 Å². The first-order valence-electron chi connectivity index (χ1n) is 7.12. The molecule has 3 nitrogen and oxygen atoms in total. The van der Waals surface area contributed by atoms with E-state index in [2.05, 4.69) is 0 Å². The summed E-state index contributed by atoms with van der Waals surface area (Å²) in [5.41, 5.74) is 2.44. The molecule has 0 N–H and O–H groups in total. The molecule has 0 aliphatic rings. The standard InChI is InChI=1S/C17H20ClNO2/c1-4-21-15-7-5-6-13(10-15)16-9-8-14(11-18)17(20)19(16)12(2)3/h5-10,12H,4,11H2,1-3H3. The predicted octanol–water partition coefficient (Wildman–Crippen LogP) is 4.23. The van der Waals surface area contributed by atoms with E-state index in [9.17, 15) is 4.79 Å². The van der Waals surface area contributed by atoms with E-state index in [0.717, 1.165) is 17.0 Å². The van der Waals surface area contributed by atoms with Gasteiger partial charge in [-0.15, -0.1) is 11.6 Å². The van der Waals surface area contributed by atoms with Crippen LogP contribution in [-0.4, -0.2) is 11.2 Å². The van der Waals surface area contributed by atoms with E-state index >= 15 is 0 Å².